The van der Waals surface area contributed by atoms with Crippen LogP contribution in [0.3, 0.4) is 0 Å². The van der Waals surface area contributed by atoms with Crippen molar-refractivity contribution in [2.24, 2.45) is 0 Å². The van der Waals surface area contributed by atoms with E-state index in [2.05, 4.69) is 231 Å². The summed E-state index contributed by atoms with van der Waals surface area (Å²) < 4.78 is 0. The van der Waals surface area contributed by atoms with Crippen molar-refractivity contribution in [3.63, 3.8) is 0 Å². The Morgan fingerprint density at radius 3 is 0.532 bits per heavy atom. The molecule has 13 rings (SSSR count). The first-order chi connectivity index (χ1) is 30.8. The van der Waals surface area contributed by atoms with E-state index in [1.807, 2.05) is 0 Å². The van der Waals surface area contributed by atoms with E-state index in [4.69, 9.17) is 0 Å². The molecule has 0 heterocycles. The second-order valence-electron chi connectivity index (χ2n) is 16.6. The molecule has 13 aromatic carbocycles. The summed E-state index contributed by atoms with van der Waals surface area (Å²) >= 11 is 0. The van der Waals surface area contributed by atoms with E-state index in [0.717, 1.165) is 0 Å². The molecule has 0 saturated heterocycles. The largest absolute Gasteiger partial charge is 0.0622 e. The Hall–Kier alpha value is -8.06. The first-order valence-electron chi connectivity index (χ1n) is 21.6. The third kappa shape index (κ3) is 5.01. The van der Waals surface area contributed by atoms with Gasteiger partial charge in [0.1, 0.15) is 0 Å². The summed E-state index contributed by atoms with van der Waals surface area (Å²) in [6, 6.07) is 85.8. The van der Waals surface area contributed by atoms with Crippen LogP contribution in [0.1, 0.15) is 0 Å². The van der Waals surface area contributed by atoms with Gasteiger partial charge in [-0.2, -0.15) is 0 Å². The molecule has 286 valence electrons. The lowest BCUT2D eigenvalue weighted by Gasteiger charge is -2.25. The summed E-state index contributed by atoms with van der Waals surface area (Å²) in [7, 11) is 0. The number of benzene rings is 13. The van der Waals surface area contributed by atoms with Crippen LogP contribution in [0.4, 0.5) is 0 Å². The van der Waals surface area contributed by atoms with Gasteiger partial charge in [-0.25, -0.2) is 0 Å². The molecule has 13 aromatic rings. The second-order valence-corrected chi connectivity index (χ2v) is 16.6. The van der Waals surface area contributed by atoms with Gasteiger partial charge in [-0.15, -0.1) is 0 Å². The zero-order valence-corrected chi connectivity index (χ0v) is 33.9. The molecule has 0 aliphatic carbocycles. The highest BCUT2D eigenvalue weighted by Crippen LogP contribution is 2.54. The van der Waals surface area contributed by atoms with Crippen molar-refractivity contribution >= 4 is 86.2 Å². The second kappa shape index (κ2) is 13.7. The van der Waals surface area contributed by atoms with E-state index in [-0.39, 0.29) is 0 Å². The zero-order chi connectivity index (χ0) is 40.7. The summed E-state index contributed by atoms with van der Waals surface area (Å²) in [6.07, 6.45) is 0. The lowest BCUT2D eigenvalue weighted by atomic mass is 9.78. The zero-order valence-electron chi connectivity index (χ0n) is 33.9. The third-order valence-corrected chi connectivity index (χ3v) is 13.4. The summed E-state index contributed by atoms with van der Waals surface area (Å²) in [6.45, 7) is 0. The van der Waals surface area contributed by atoms with Crippen LogP contribution in [0.2, 0.25) is 0 Å². The van der Waals surface area contributed by atoms with Gasteiger partial charge in [0, 0.05) is 0 Å². The monoisotopic (exact) mass is 782 g/mol. The molecule has 0 atom stereocenters. The van der Waals surface area contributed by atoms with Gasteiger partial charge in [0.15, 0.2) is 0 Å². The molecule has 0 amide bonds. The molecule has 0 nitrogen and oxygen atoms in total. The predicted molar refractivity (Wildman–Crippen MR) is 268 cm³/mol. The number of hydrogen-bond donors (Lipinski definition) is 0. The fourth-order valence-electron chi connectivity index (χ4n) is 10.9. The number of rotatable bonds is 4. The Morgan fingerprint density at radius 1 is 0.145 bits per heavy atom. The summed E-state index contributed by atoms with van der Waals surface area (Å²) in [5.74, 6) is 0. The van der Waals surface area contributed by atoms with Crippen LogP contribution in [0, 0.1) is 0 Å². The minimum atomic E-state index is 1.21. The smallest absolute Gasteiger partial charge is 0.000763 e. The summed E-state index contributed by atoms with van der Waals surface area (Å²) in [4.78, 5) is 0. The van der Waals surface area contributed by atoms with Crippen molar-refractivity contribution in [1.29, 1.82) is 0 Å². The minimum Gasteiger partial charge on any atom is -0.0622 e. The maximum Gasteiger partial charge on any atom is -0.000763 e. The molecule has 0 unspecified atom stereocenters. The van der Waals surface area contributed by atoms with Crippen LogP contribution >= 0.6 is 0 Å². The first-order valence-corrected chi connectivity index (χ1v) is 21.6. The lowest BCUT2D eigenvalue weighted by molar-refractivity contribution is 1.66. The highest BCUT2D eigenvalue weighted by atomic mass is 14.3. The Morgan fingerprint density at radius 2 is 0.323 bits per heavy atom. The van der Waals surface area contributed by atoms with E-state index in [9.17, 15) is 0 Å². The van der Waals surface area contributed by atoms with Gasteiger partial charge in [0.05, 0.1) is 0 Å². The molecule has 0 aliphatic rings. The fraction of sp³-hybridized carbons (Fsp3) is 0. The SMILES string of the molecule is c1ccc(-c2c3cc4c(-c5ccccc5)c5c6ccccc6c6ccccc6c5c(-c5ccccc5)c4cc3c(-c3ccccc3)c3c4ccccc4c4ccccc4c23)cc1. The molecule has 0 radical (unpaired) electrons. The van der Waals surface area contributed by atoms with Gasteiger partial charge in [0.2, 0.25) is 0 Å². The van der Waals surface area contributed by atoms with E-state index >= 15 is 0 Å². The minimum absolute atomic E-state index is 1.21. The van der Waals surface area contributed by atoms with Gasteiger partial charge in [-0.1, -0.05) is 218 Å². The molecule has 0 N–H and O–H groups in total. The Kier molecular flexibility index (Phi) is 7.71. The predicted octanol–water partition coefficient (Wildman–Crippen LogP) is 17.6. The molecule has 0 bridgehead atoms. The highest BCUT2D eigenvalue weighted by molar-refractivity contribution is 6.41. The van der Waals surface area contributed by atoms with Gasteiger partial charge in [-0.05, 0) is 143 Å². The average molecular weight is 783 g/mol. The Balaban J connectivity index is 1.40. The van der Waals surface area contributed by atoms with Crippen molar-refractivity contribution in [1.82, 2.24) is 0 Å². The topological polar surface area (TPSA) is 0 Å². The van der Waals surface area contributed by atoms with Crippen molar-refractivity contribution in [3.05, 3.63) is 231 Å². The van der Waals surface area contributed by atoms with Crippen LogP contribution in [-0.2, 0) is 0 Å². The molecule has 0 spiro atoms. The van der Waals surface area contributed by atoms with Crippen molar-refractivity contribution in [2.45, 2.75) is 0 Å². The average Bonchev–Trinajstić information content (AvgIpc) is 3.35. The standard InChI is InChI=1S/C62H38/c1-5-21-39(22-6-1)55-51-37-53-54(38-52(51)56(40-23-7-2-8-24-40)60-48-34-18-14-30-44(48)43-29-13-17-33-47(43)59(55)60)58(42-27-11-4-12-28-42)62-50-36-20-16-32-46(50)45-31-15-19-35-49(45)61(62)57(53)41-25-9-3-10-26-41/h1-38H. The summed E-state index contributed by atoms with van der Waals surface area (Å²) in [5, 5.41) is 20.3. The lowest BCUT2D eigenvalue weighted by Crippen LogP contribution is -1.97. The van der Waals surface area contributed by atoms with Crippen molar-refractivity contribution in [2.75, 3.05) is 0 Å². The third-order valence-electron chi connectivity index (χ3n) is 13.4. The van der Waals surface area contributed by atoms with Crippen LogP contribution in [0.25, 0.3) is 131 Å². The van der Waals surface area contributed by atoms with Crippen LogP contribution in [0.5, 0.6) is 0 Å². The Bertz CT molecular complexity index is 3410. The molecule has 0 saturated carbocycles. The fourth-order valence-corrected chi connectivity index (χ4v) is 10.9. The Labute approximate surface area is 359 Å². The quantitative estimate of drug-likeness (QED) is 0.123. The molecular formula is C62H38. The molecule has 62 heavy (non-hydrogen) atoms. The van der Waals surface area contributed by atoms with Crippen molar-refractivity contribution in [3.8, 4) is 44.5 Å². The van der Waals surface area contributed by atoms with Gasteiger partial charge >= 0.3 is 0 Å². The summed E-state index contributed by atoms with van der Waals surface area (Å²) in [5.41, 5.74) is 9.91. The van der Waals surface area contributed by atoms with Crippen LogP contribution < -0.4 is 0 Å². The normalized spacial score (nSPS) is 11.9. The first kappa shape index (κ1) is 34.8. The maximum atomic E-state index is 2.57. The molecule has 0 aromatic heterocycles. The highest BCUT2D eigenvalue weighted by Gasteiger charge is 2.26. The van der Waals surface area contributed by atoms with Crippen LogP contribution in [0.15, 0.2) is 231 Å². The van der Waals surface area contributed by atoms with E-state index in [0.29, 0.717) is 0 Å². The number of fused-ring (bicyclic) bond motifs is 14. The molecule has 0 aliphatic heterocycles. The maximum absolute atomic E-state index is 2.57. The molecule has 0 heteroatoms. The number of hydrogen-bond acceptors (Lipinski definition) is 0. The van der Waals surface area contributed by atoms with Crippen molar-refractivity contribution < 1.29 is 0 Å². The van der Waals surface area contributed by atoms with Gasteiger partial charge < -0.3 is 0 Å². The molecular weight excluding hydrogens is 745 g/mol. The van der Waals surface area contributed by atoms with Gasteiger partial charge in [-0.3, -0.25) is 0 Å². The molecule has 0 fully saturated rings. The van der Waals surface area contributed by atoms with Gasteiger partial charge in [0.25, 0.3) is 0 Å². The van der Waals surface area contributed by atoms with E-state index in [1.54, 1.807) is 0 Å². The van der Waals surface area contributed by atoms with E-state index in [1.165, 1.54) is 131 Å². The van der Waals surface area contributed by atoms with E-state index < -0.39 is 0 Å². The van der Waals surface area contributed by atoms with Crippen LogP contribution in [-0.4, -0.2) is 0 Å².